The van der Waals surface area contributed by atoms with E-state index >= 15 is 0 Å². The van der Waals surface area contributed by atoms with Crippen molar-refractivity contribution in [1.29, 1.82) is 0 Å². The Bertz CT molecular complexity index is 744. The Morgan fingerprint density at radius 1 is 1.43 bits per heavy atom. The molecule has 0 fully saturated rings. The van der Waals surface area contributed by atoms with E-state index in [1.165, 1.54) is 11.3 Å². The van der Waals surface area contributed by atoms with Gasteiger partial charge in [0.05, 0.1) is 21.8 Å². The molecule has 0 amide bonds. The number of nitrogens with two attached hydrogens (primary N) is 1. The van der Waals surface area contributed by atoms with E-state index < -0.39 is 14.9 Å². The minimum absolute atomic E-state index is 0.162. The van der Waals surface area contributed by atoms with Crippen molar-refractivity contribution in [2.75, 3.05) is 12.3 Å². The molecule has 0 aliphatic carbocycles. The van der Waals surface area contributed by atoms with Gasteiger partial charge in [-0.1, -0.05) is 0 Å². The van der Waals surface area contributed by atoms with E-state index in [1.807, 2.05) is 5.38 Å². The van der Waals surface area contributed by atoms with Gasteiger partial charge in [-0.3, -0.25) is 10.1 Å². The zero-order chi connectivity index (χ0) is 15.5. The molecule has 0 atom stereocenters. The number of nitrogen functional groups attached to an aromatic ring is 1. The van der Waals surface area contributed by atoms with Crippen molar-refractivity contribution in [3.05, 3.63) is 44.9 Å². The first-order valence-electron chi connectivity index (χ1n) is 5.81. The predicted octanol–water partition coefficient (Wildman–Crippen LogP) is 1.15. The molecule has 1 aromatic heterocycles. The van der Waals surface area contributed by atoms with Crippen molar-refractivity contribution >= 4 is 32.7 Å². The normalized spacial score (nSPS) is 11.4. The molecule has 112 valence electrons. The molecular weight excluding hydrogens is 316 g/mol. The van der Waals surface area contributed by atoms with Crippen LogP contribution in [-0.2, 0) is 16.4 Å². The second-order valence-electron chi connectivity index (χ2n) is 4.11. The van der Waals surface area contributed by atoms with E-state index in [-0.39, 0.29) is 22.8 Å². The van der Waals surface area contributed by atoms with Crippen LogP contribution in [0.15, 0.2) is 34.0 Å². The molecule has 2 rings (SSSR count). The summed E-state index contributed by atoms with van der Waals surface area (Å²) in [4.78, 5) is 13.8. The summed E-state index contributed by atoms with van der Waals surface area (Å²) in [5.41, 5.74) is 7.62. The van der Waals surface area contributed by atoms with Crippen LogP contribution in [0.25, 0.3) is 0 Å². The summed E-state index contributed by atoms with van der Waals surface area (Å²) in [6, 6.07) is 3.25. The van der Waals surface area contributed by atoms with Gasteiger partial charge in [-0.25, -0.2) is 18.1 Å². The summed E-state index contributed by atoms with van der Waals surface area (Å²) >= 11 is 1.43. The Morgan fingerprint density at radius 3 is 2.76 bits per heavy atom. The monoisotopic (exact) mass is 328 g/mol. The second-order valence-corrected chi connectivity index (χ2v) is 6.56. The molecule has 21 heavy (non-hydrogen) atoms. The molecule has 0 bridgehead atoms. The fourth-order valence-corrected chi connectivity index (χ4v) is 3.38. The van der Waals surface area contributed by atoms with Crippen LogP contribution < -0.4 is 10.5 Å². The number of anilines is 1. The zero-order valence-corrected chi connectivity index (χ0v) is 12.4. The number of nitro benzene ring substituents is 1. The largest absolute Gasteiger partial charge is 0.397 e. The number of sulfonamides is 1. The van der Waals surface area contributed by atoms with Crippen LogP contribution in [0.2, 0.25) is 0 Å². The van der Waals surface area contributed by atoms with Crippen LogP contribution in [-0.4, -0.2) is 24.9 Å². The summed E-state index contributed by atoms with van der Waals surface area (Å²) in [5, 5.41) is 12.4. The average Bonchev–Trinajstić information content (AvgIpc) is 2.91. The average molecular weight is 328 g/mol. The van der Waals surface area contributed by atoms with Crippen LogP contribution in [0.4, 0.5) is 11.4 Å². The van der Waals surface area contributed by atoms with Crippen molar-refractivity contribution < 1.29 is 13.3 Å². The number of nitro groups is 1. The molecule has 0 aliphatic heterocycles. The predicted molar refractivity (Wildman–Crippen MR) is 78.5 cm³/mol. The van der Waals surface area contributed by atoms with Crippen LogP contribution in [0.3, 0.4) is 0 Å². The van der Waals surface area contributed by atoms with E-state index in [9.17, 15) is 18.5 Å². The Labute approximate surface area is 124 Å². The highest BCUT2D eigenvalue weighted by atomic mass is 32.2. The molecule has 0 saturated heterocycles. The number of nitrogens with zero attached hydrogens (tertiary/aromatic N) is 2. The summed E-state index contributed by atoms with van der Waals surface area (Å²) < 4.78 is 26.6. The van der Waals surface area contributed by atoms with Crippen LogP contribution in [0.1, 0.15) is 5.69 Å². The van der Waals surface area contributed by atoms with Crippen LogP contribution in [0.5, 0.6) is 0 Å². The van der Waals surface area contributed by atoms with Crippen molar-refractivity contribution in [2.45, 2.75) is 11.3 Å². The van der Waals surface area contributed by atoms with Gasteiger partial charge in [0.1, 0.15) is 4.90 Å². The fraction of sp³-hybridized carbons (Fsp3) is 0.182. The van der Waals surface area contributed by atoms with Crippen molar-refractivity contribution in [3.8, 4) is 0 Å². The maximum atomic E-state index is 12.1. The van der Waals surface area contributed by atoms with Crippen molar-refractivity contribution in [3.63, 3.8) is 0 Å². The summed E-state index contributed by atoms with van der Waals surface area (Å²) in [7, 11) is -3.81. The highest BCUT2D eigenvalue weighted by Gasteiger charge is 2.19. The quantitative estimate of drug-likeness (QED) is 0.465. The highest BCUT2D eigenvalue weighted by molar-refractivity contribution is 7.89. The molecule has 0 radical (unpaired) electrons. The molecule has 8 nitrogen and oxygen atoms in total. The lowest BCUT2D eigenvalue weighted by atomic mass is 10.3. The third kappa shape index (κ3) is 3.74. The molecule has 0 spiro atoms. The first-order valence-corrected chi connectivity index (χ1v) is 8.23. The van der Waals surface area contributed by atoms with Gasteiger partial charge in [-0.15, -0.1) is 11.3 Å². The smallest absolute Gasteiger partial charge is 0.271 e. The third-order valence-electron chi connectivity index (χ3n) is 2.65. The molecule has 3 N–H and O–H groups in total. The number of hydrogen-bond acceptors (Lipinski definition) is 7. The second kappa shape index (κ2) is 6.16. The molecule has 2 aromatic rings. The van der Waals surface area contributed by atoms with Crippen molar-refractivity contribution in [2.24, 2.45) is 0 Å². The zero-order valence-electron chi connectivity index (χ0n) is 10.7. The first kappa shape index (κ1) is 15.4. The maximum Gasteiger partial charge on any atom is 0.271 e. The standard InChI is InChI=1S/C11H12N4O4S2/c12-10-5-9(15(16)17)1-2-11(10)21(18,19)14-4-3-8-6-20-7-13-8/h1-2,5-7,14H,3-4,12H2. The molecule has 0 saturated carbocycles. The minimum Gasteiger partial charge on any atom is -0.397 e. The number of rotatable bonds is 6. The van der Waals surface area contributed by atoms with Gasteiger partial charge in [-0.05, 0) is 6.07 Å². The summed E-state index contributed by atoms with van der Waals surface area (Å²) in [5.74, 6) is 0. The Balaban J connectivity index is 2.10. The number of nitrogens with one attached hydrogen (secondary N) is 1. The van der Waals surface area contributed by atoms with Gasteiger partial charge >= 0.3 is 0 Å². The lowest BCUT2D eigenvalue weighted by Gasteiger charge is -2.08. The number of hydrogen-bond donors (Lipinski definition) is 2. The molecule has 1 heterocycles. The molecular formula is C11H12N4O4S2. The highest BCUT2D eigenvalue weighted by Crippen LogP contribution is 2.23. The lowest BCUT2D eigenvalue weighted by Crippen LogP contribution is -2.26. The maximum absolute atomic E-state index is 12.1. The van der Waals surface area contributed by atoms with Gasteiger partial charge in [0.15, 0.2) is 0 Å². The van der Waals surface area contributed by atoms with E-state index in [1.54, 1.807) is 5.51 Å². The summed E-state index contributed by atoms with van der Waals surface area (Å²) in [6.07, 6.45) is 0.454. The van der Waals surface area contributed by atoms with E-state index in [0.717, 1.165) is 23.9 Å². The van der Waals surface area contributed by atoms with Gasteiger partial charge in [0, 0.05) is 30.5 Å². The molecule has 0 aliphatic rings. The van der Waals surface area contributed by atoms with Crippen LogP contribution >= 0.6 is 11.3 Å². The number of aromatic nitrogens is 1. The lowest BCUT2D eigenvalue weighted by molar-refractivity contribution is -0.384. The van der Waals surface area contributed by atoms with Crippen molar-refractivity contribution in [1.82, 2.24) is 9.71 Å². The molecule has 10 heteroatoms. The van der Waals surface area contributed by atoms with Gasteiger partial charge in [-0.2, -0.15) is 0 Å². The van der Waals surface area contributed by atoms with E-state index in [4.69, 9.17) is 5.73 Å². The fourth-order valence-electron chi connectivity index (χ4n) is 1.65. The Hall–Kier alpha value is -2.04. The molecule has 1 aromatic carbocycles. The summed E-state index contributed by atoms with van der Waals surface area (Å²) in [6.45, 7) is 0.169. The number of thiazole rings is 1. The van der Waals surface area contributed by atoms with Gasteiger partial charge in [0.2, 0.25) is 10.0 Å². The van der Waals surface area contributed by atoms with E-state index in [0.29, 0.717) is 6.42 Å². The Morgan fingerprint density at radius 2 is 2.19 bits per heavy atom. The van der Waals surface area contributed by atoms with Gasteiger partial charge < -0.3 is 5.73 Å². The third-order valence-corrected chi connectivity index (χ3v) is 4.82. The topological polar surface area (TPSA) is 128 Å². The number of benzene rings is 1. The number of non-ortho nitro benzene ring substituents is 1. The Kier molecular flexibility index (Phi) is 4.50. The van der Waals surface area contributed by atoms with Gasteiger partial charge in [0.25, 0.3) is 5.69 Å². The first-order chi connectivity index (χ1) is 9.90. The minimum atomic E-state index is -3.81. The SMILES string of the molecule is Nc1cc([N+](=O)[O-])ccc1S(=O)(=O)NCCc1cscn1. The van der Waals surface area contributed by atoms with Crippen LogP contribution in [0, 0.1) is 10.1 Å². The molecule has 0 unspecified atom stereocenters. The van der Waals surface area contributed by atoms with E-state index in [2.05, 4.69) is 9.71 Å².